The molecule has 0 saturated heterocycles. The number of hydrogen-bond acceptors (Lipinski definition) is 5. The van der Waals surface area contributed by atoms with Crippen LogP contribution in [-0.4, -0.2) is 30.3 Å². The SMILES string of the molecule is COC(=O)C1Cc2cccc(O)c2C(=O)O1. The second-order valence-corrected chi connectivity index (χ2v) is 3.43. The summed E-state index contributed by atoms with van der Waals surface area (Å²) in [6, 6.07) is 4.69. The lowest BCUT2D eigenvalue weighted by Gasteiger charge is -2.22. The Hall–Kier alpha value is -2.04. The minimum atomic E-state index is -0.924. The minimum absolute atomic E-state index is 0.127. The Kier molecular flexibility index (Phi) is 2.52. The maximum atomic E-state index is 11.5. The second-order valence-electron chi connectivity index (χ2n) is 3.43. The van der Waals surface area contributed by atoms with E-state index >= 15 is 0 Å². The van der Waals surface area contributed by atoms with Gasteiger partial charge in [0.2, 0.25) is 6.10 Å². The van der Waals surface area contributed by atoms with Gasteiger partial charge in [0.25, 0.3) is 0 Å². The Balaban J connectivity index is 2.37. The molecule has 1 heterocycles. The van der Waals surface area contributed by atoms with Crippen molar-refractivity contribution in [3.63, 3.8) is 0 Å². The average Bonchev–Trinajstić information content (AvgIpc) is 2.27. The van der Waals surface area contributed by atoms with Crippen LogP contribution < -0.4 is 0 Å². The summed E-state index contributed by atoms with van der Waals surface area (Å²) in [5.74, 6) is -1.43. The van der Waals surface area contributed by atoms with Crippen molar-refractivity contribution in [2.75, 3.05) is 7.11 Å². The number of phenolic OH excluding ortho intramolecular Hbond substituents is 1. The van der Waals surface area contributed by atoms with Gasteiger partial charge >= 0.3 is 11.9 Å². The van der Waals surface area contributed by atoms with Crippen LogP contribution in [0.5, 0.6) is 5.75 Å². The van der Waals surface area contributed by atoms with Crippen LogP contribution in [-0.2, 0) is 20.7 Å². The van der Waals surface area contributed by atoms with Gasteiger partial charge in [-0.15, -0.1) is 0 Å². The highest BCUT2D eigenvalue weighted by atomic mass is 16.6. The molecule has 0 aromatic heterocycles. The number of fused-ring (bicyclic) bond motifs is 1. The van der Waals surface area contributed by atoms with Gasteiger partial charge in [-0.2, -0.15) is 0 Å². The molecule has 0 spiro atoms. The van der Waals surface area contributed by atoms with Gasteiger partial charge in [-0.3, -0.25) is 0 Å². The lowest BCUT2D eigenvalue weighted by atomic mass is 9.98. The van der Waals surface area contributed by atoms with E-state index in [4.69, 9.17) is 4.74 Å². The number of benzene rings is 1. The molecule has 1 unspecified atom stereocenters. The number of esters is 2. The first kappa shape index (κ1) is 10.5. The summed E-state index contributed by atoms with van der Waals surface area (Å²) >= 11 is 0. The van der Waals surface area contributed by atoms with Crippen LogP contribution >= 0.6 is 0 Å². The van der Waals surface area contributed by atoms with Crippen molar-refractivity contribution < 1.29 is 24.2 Å². The molecule has 1 aromatic carbocycles. The monoisotopic (exact) mass is 222 g/mol. The summed E-state index contributed by atoms with van der Waals surface area (Å²) in [5, 5.41) is 9.49. The van der Waals surface area contributed by atoms with Crippen molar-refractivity contribution >= 4 is 11.9 Å². The fourth-order valence-electron chi connectivity index (χ4n) is 1.68. The molecule has 5 heteroatoms. The van der Waals surface area contributed by atoms with E-state index in [9.17, 15) is 14.7 Å². The molecule has 0 saturated carbocycles. The fraction of sp³-hybridized carbons (Fsp3) is 0.273. The highest BCUT2D eigenvalue weighted by Crippen LogP contribution is 2.28. The molecular weight excluding hydrogens is 212 g/mol. The van der Waals surface area contributed by atoms with Crippen molar-refractivity contribution in [2.45, 2.75) is 12.5 Å². The predicted molar refractivity (Wildman–Crippen MR) is 53.0 cm³/mol. The Labute approximate surface area is 91.6 Å². The van der Waals surface area contributed by atoms with E-state index in [0.717, 1.165) is 0 Å². The molecule has 0 fully saturated rings. The topological polar surface area (TPSA) is 72.8 Å². The van der Waals surface area contributed by atoms with Crippen LogP contribution in [0.25, 0.3) is 0 Å². The maximum absolute atomic E-state index is 11.5. The summed E-state index contributed by atoms with van der Waals surface area (Å²) in [6.45, 7) is 0. The zero-order chi connectivity index (χ0) is 11.7. The number of aromatic hydroxyl groups is 1. The number of rotatable bonds is 1. The largest absolute Gasteiger partial charge is 0.507 e. The van der Waals surface area contributed by atoms with Crippen molar-refractivity contribution in [2.24, 2.45) is 0 Å². The summed E-state index contributed by atoms with van der Waals surface area (Å²) in [5.41, 5.74) is 0.717. The number of cyclic esters (lactones) is 1. The van der Waals surface area contributed by atoms with E-state index in [1.54, 1.807) is 12.1 Å². The second kappa shape index (κ2) is 3.84. The smallest absolute Gasteiger partial charge is 0.347 e. The average molecular weight is 222 g/mol. The zero-order valence-electron chi connectivity index (χ0n) is 8.60. The molecular formula is C11H10O5. The summed E-state index contributed by atoms with van der Waals surface area (Å²) in [4.78, 5) is 22.8. The number of hydrogen-bond donors (Lipinski definition) is 1. The number of ether oxygens (including phenoxy) is 2. The van der Waals surface area contributed by atoms with E-state index < -0.39 is 18.0 Å². The number of carbonyl (C=O) groups is 2. The van der Waals surface area contributed by atoms with Crippen LogP contribution in [0.2, 0.25) is 0 Å². The third kappa shape index (κ3) is 1.60. The van der Waals surface area contributed by atoms with E-state index in [1.165, 1.54) is 13.2 Å². The molecule has 84 valence electrons. The van der Waals surface area contributed by atoms with Crippen LogP contribution in [0.1, 0.15) is 15.9 Å². The molecule has 1 aliphatic rings. The zero-order valence-corrected chi connectivity index (χ0v) is 8.60. The third-order valence-electron chi connectivity index (χ3n) is 2.45. The van der Waals surface area contributed by atoms with Gasteiger partial charge in [-0.25, -0.2) is 9.59 Å². The van der Waals surface area contributed by atoms with Crippen LogP contribution in [0.3, 0.4) is 0 Å². The molecule has 0 aliphatic carbocycles. The Morgan fingerprint density at radius 3 is 3.00 bits per heavy atom. The van der Waals surface area contributed by atoms with Crippen LogP contribution in [0, 0.1) is 0 Å². The highest BCUT2D eigenvalue weighted by molar-refractivity contribution is 5.97. The molecule has 1 N–H and O–H groups in total. The normalized spacial score (nSPS) is 18.6. The Morgan fingerprint density at radius 2 is 2.31 bits per heavy atom. The maximum Gasteiger partial charge on any atom is 0.347 e. The molecule has 16 heavy (non-hydrogen) atoms. The Bertz CT molecular complexity index is 452. The number of phenols is 1. The lowest BCUT2D eigenvalue weighted by Crippen LogP contribution is -2.35. The van der Waals surface area contributed by atoms with Crippen molar-refractivity contribution in [3.8, 4) is 5.75 Å². The van der Waals surface area contributed by atoms with E-state index in [2.05, 4.69) is 4.74 Å². The fourth-order valence-corrected chi connectivity index (χ4v) is 1.68. The van der Waals surface area contributed by atoms with Gasteiger partial charge in [0.15, 0.2) is 0 Å². The number of carbonyl (C=O) groups excluding carboxylic acids is 2. The van der Waals surface area contributed by atoms with Crippen molar-refractivity contribution in [3.05, 3.63) is 29.3 Å². The molecule has 1 aromatic rings. The predicted octanol–water partition coefficient (Wildman–Crippen LogP) is 0.647. The molecule has 1 atom stereocenters. The number of methoxy groups -OCH3 is 1. The third-order valence-corrected chi connectivity index (χ3v) is 2.45. The van der Waals surface area contributed by atoms with Gasteiger partial charge in [0, 0.05) is 6.42 Å². The highest BCUT2D eigenvalue weighted by Gasteiger charge is 2.33. The van der Waals surface area contributed by atoms with Crippen LogP contribution in [0.15, 0.2) is 18.2 Å². The quantitative estimate of drug-likeness (QED) is 0.706. The molecule has 0 radical (unpaired) electrons. The van der Waals surface area contributed by atoms with Crippen molar-refractivity contribution in [1.29, 1.82) is 0 Å². The van der Waals surface area contributed by atoms with E-state index in [0.29, 0.717) is 5.56 Å². The molecule has 5 nitrogen and oxygen atoms in total. The summed E-state index contributed by atoms with van der Waals surface area (Å²) in [6.07, 6.45) is -0.700. The minimum Gasteiger partial charge on any atom is -0.507 e. The van der Waals surface area contributed by atoms with E-state index in [-0.39, 0.29) is 17.7 Å². The Morgan fingerprint density at radius 1 is 1.56 bits per heavy atom. The standard InChI is InChI=1S/C11H10O5/c1-15-10(13)8-5-6-3-2-4-7(12)9(6)11(14)16-8/h2-4,8,12H,5H2,1H3. The molecule has 0 amide bonds. The molecule has 0 bridgehead atoms. The van der Waals surface area contributed by atoms with Crippen molar-refractivity contribution in [1.82, 2.24) is 0 Å². The summed E-state index contributed by atoms with van der Waals surface area (Å²) < 4.78 is 9.38. The van der Waals surface area contributed by atoms with Gasteiger partial charge < -0.3 is 14.6 Å². The van der Waals surface area contributed by atoms with E-state index in [1.807, 2.05) is 0 Å². The lowest BCUT2D eigenvalue weighted by molar-refractivity contribution is -0.151. The first-order valence-electron chi connectivity index (χ1n) is 4.73. The summed E-state index contributed by atoms with van der Waals surface area (Å²) in [7, 11) is 1.23. The first-order chi connectivity index (χ1) is 7.63. The molecule has 1 aliphatic heterocycles. The molecule has 2 rings (SSSR count). The van der Waals surface area contributed by atoms with Gasteiger partial charge in [0.05, 0.1) is 7.11 Å². The first-order valence-corrected chi connectivity index (χ1v) is 4.73. The van der Waals surface area contributed by atoms with Gasteiger partial charge in [-0.1, -0.05) is 12.1 Å². The van der Waals surface area contributed by atoms with Gasteiger partial charge in [0.1, 0.15) is 11.3 Å². The van der Waals surface area contributed by atoms with Crippen LogP contribution in [0.4, 0.5) is 0 Å². The van der Waals surface area contributed by atoms with Gasteiger partial charge in [-0.05, 0) is 11.6 Å².